The Morgan fingerprint density at radius 1 is 1.12 bits per heavy atom. The van der Waals surface area contributed by atoms with E-state index in [0.717, 1.165) is 29.4 Å². The Kier molecular flexibility index (Phi) is 6.26. The Labute approximate surface area is 188 Å². The van der Waals surface area contributed by atoms with Crippen molar-refractivity contribution in [3.05, 3.63) is 58.4 Å². The van der Waals surface area contributed by atoms with Crippen molar-refractivity contribution in [1.82, 2.24) is 20.1 Å². The molecule has 1 aliphatic rings. The van der Waals surface area contributed by atoms with Crippen molar-refractivity contribution in [3.8, 4) is 0 Å². The van der Waals surface area contributed by atoms with Gasteiger partial charge in [-0.25, -0.2) is 14.5 Å². The van der Waals surface area contributed by atoms with Gasteiger partial charge in [0.2, 0.25) is 0 Å². The van der Waals surface area contributed by atoms with Crippen LogP contribution in [0.25, 0.3) is 11.0 Å². The lowest BCUT2D eigenvalue weighted by Gasteiger charge is -2.20. The molecule has 168 valence electrons. The van der Waals surface area contributed by atoms with E-state index in [-0.39, 0.29) is 24.6 Å². The van der Waals surface area contributed by atoms with Gasteiger partial charge in [0, 0.05) is 11.4 Å². The molecule has 0 aliphatic heterocycles. The lowest BCUT2D eigenvalue weighted by atomic mass is 9.89. The first-order chi connectivity index (χ1) is 15.3. The van der Waals surface area contributed by atoms with Crippen molar-refractivity contribution < 1.29 is 14.3 Å². The molecule has 1 aliphatic carbocycles. The van der Waals surface area contributed by atoms with Crippen LogP contribution in [0.15, 0.2) is 30.5 Å². The molecule has 2 heterocycles. The number of carbonyl (C=O) groups is 2. The topological polar surface area (TPSA) is 86.1 Å². The minimum Gasteiger partial charge on any atom is -0.452 e. The zero-order valence-corrected chi connectivity index (χ0v) is 19.1. The van der Waals surface area contributed by atoms with Gasteiger partial charge in [0.1, 0.15) is 0 Å². The second-order valence-electron chi connectivity index (χ2n) is 8.82. The summed E-state index contributed by atoms with van der Waals surface area (Å²) in [6.45, 7) is 7.41. The Hall–Kier alpha value is -3.22. The van der Waals surface area contributed by atoms with Gasteiger partial charge in [-0.1, -0.05) is 18.2 Å². The van der Waals surface area contributed by atoms with E-state index in [9.17, 15) is 9.59 Å². The zero-order chi connectivity index (χ0) is 22.8. The van der Waals surface area contributed by atoms with Crippen LogP contribution in [0.1, 0.15) is 78.4 Å². The van der Waals surface area contributed by atoms with Crippen LogP contribution < -0.4 is 5.32 Å². The molecule has 3 aromatic rings. The number of benzene rings is 1. The normalized spacial score (nSPS) is 14.3. The van der Waals surface area contributed by atoms with E-state index in [4.69, 9.17) is 4.74 Å². The van der Waals surface area contributed by atoms with Crippen molar-refractivity contribution in [2.24, 2.45) is 0 Å². The van der Waals surface area contributed by atoms with Crippen molar-refractivity contribution in [3.63, 3.8) is 0 Å². The van der Waals surface area contributed by atoms with Crippen LogP contribution in [-0.4, -0.2) is 33.2 Å². The van der Waals surface area contributed by atoms with Crippen LogP contribution >= 0.6 is 0 Å². The van der Waals surface area contributed by atoms with Crippen LogP contribution in [0.4, 0.5) is 0 Å². The molecule has 0 saturated carbocycles. The van der Waals surface area contributed by atoms with Gasteiger partial charge in [0.15, 0.2) is 12.3 Å². The standard InChI is InChI=1S/C25H30N4O3/c1-15(2)29-24-21(13-26-29)12-22(17(4)28-24)25(31)32-14-23(30)27-16(3)19-10-9-18-7-5-6-8-20(18)11-19/h9-13,15-16H,5-8,14H2,1-4H3,(H,27,30). The van der Waals surface area contributed by atoms with Gasteiger partial charge in [-0.15, -0.1) is 0 Å². The summed E-state index contributed by atoms with van der Waals surface area (Å²) >= 11 is 0. The SMILES string of the molecule is Cc1nc2c(cnn2C(C)C)cc1C(=O)OCC(=O)NC(C)c1ccc2c(c1)CCCC2. The van der Waals surface area contributed by atoms with E-state index in [1.165, 1.54) is 24.0 Å². The number of aromatic nitrogens is 3. The molecular weight excluding hydrogens is 404 g/mol. The Morgan fingerprint density at radius 3 is 2.62 bits per heavy atom. The fourth-order valence-electron chi connectivity index (χ4n) is 4.25. The van der Waals surface area contributed by atoms with Gasteiger partial charge in [0.05, 0.1) is 23.5 Å². The van der Waals surface area contributed by atoms with Crippen LogP contribution in [0.2, 0.25) is 0 Å². The first-order valence-corrected chi connectivity index (χ1v) is 11.3. The first-order valence-electron chi connectivity index (χ1n) is 11.3. The summed E-state index contributed by atoms with van der Waals surface area (Å²) in [6, 6.07) is 8.16. The molecule has 7 heteroatoms. The quantitative estimate of drug-likeness (QED) is 0.587. The lowest BCUT2D eigenvalue weighted by Crippen LogP contribution is -2.31. The number of amides is 1. The predicted molar refractivity (Wildman–Crippen MR) is 123 cm³/mol. The molecule has 0 spiro atoms. The number of aryl methyl sites for hydroxylation is 3. The van der Waals surface area contributed by atoms with Crippen molar-refractivity contribution in [1.29, 1.82) is 0 Å². The highest BCUT2D eigenvalue weighted by atomic mass is 16.5. The molecule has 1 N–H and O–H groups in total. The van der Waals surface area contributed by atoms with Crippen molar-refractivity contribution >= 4 is 22.9 Å². The smallest absolute Gasteiger partial charge is 0.340 e. The molecule has 1 aromatic carbocycles. The maximum atomic E-state index is 12.6. The number of hydrogen-bond donors (Lipinski definition) is 1. The minimum absolute atomic E-state index is 0.157. The largest absolute Gasteiger partial charge is 0.452 e. The van der Waals surface area contributed by atoms with E-state index < -0.39 is 5.97 Å². The average molecular weight is 435 g/mol. The zero-order valence-electron chi connectivity index (χ0n) is 19.1. The van der Waals surface area contributed by atoms with E-state index >= 15 is 0 Å². The van der Waals surface area contributed by atoms with Crippen LogP contribution in [0.5, 0.6) is 0 Å². The fraction of sp³-hybridized carbons (Fsp3) is 0.440. The molecule has 1 amide bonds. The summed E-state index contributed by atoms with van der Waals surface area (Å²) in [7, 11) is 0. The molecule has 1 atom stereocenters. The predicted octanol–water partition coefficient (Wildman–Crippen LogP) is 4.23. The molecule has 0 saturated heterocycles. The second-order valence-corrected chi connectivity index (χ2v) is 8.82. The molecule has 2 aromatic heterocycles. The summed E-state index contributed by atoms with van der Waals surface area (Å²) in [5.74, 6) is -0.895. The van der Waals surface area contributed by atoms with Crippen molar-refractivity contribution in [2.75, 3.05) is 6.61 Å². The van der Waals surface area contributed by atoms with E-state index in [2.05, 4.69) is 33.6 Å². The number of fused-ring (bicyclic) bond motifs is 2. The van der Waals surface area contributed by atoms with Crippen LogP contribution in [-0.2, 0) is 22.4 Å². The molecule has 0 bridgehead atoms. The first kappa shape index (κ1) is 22.0. The lowest BCUT2D eigenvalue weighted by molar-refractivity contribution is -0.124. The number of nitrogens with zero attached hydrogens (tertiary/aromatic N) is 3. The highest BCUT2D eigenvalue weighted by Gasteiger charge is 2.19. The monoisotopic (exact) mass is 434 g/mol. The van der Waals surface area contributed by atoms with Crippen LogP contribution in [0.3, 0.4) is 0 Å². The molecular formula is C25H30N4O3. The number of hydrogen-bond acceptors (Lipinski definition) is 5. The number of pyridine rings is 1. The summed E-state index contributed by atoms with van der Waals surface area (Å²) in [6.07, 6.45) is 6.36. The number of carbonyl (C=O) groups excluding carboxylic acids is 2. The van der Waals surface area contributed by atoms with Gasteiger partial charge in [-0.2, -0.15) is 5.10 Å². The van der Waals surface area contributed by atoms with Gasteiger partial charge >= 0.3 is 5.97 Å². The molecule has 0 radical (unpaired) electrons. The van der Waals surface area contributed by atoms with Gasteiger partial charge < -0.3 is 10.1 Å². The summed E-state index contributed by atoms with van der Waals surface area (Å²) < 4.78 is 7.10. The van der Waals surface area contributed by atoms with E-state index in [0.29, 0.717) is 11.3 Å². The Balaban J connectivity index is 1.37. The van der Waals surface area contributed by atoms with Gasteiger partial charge in [0.25, 0.3) is 5.91 Å². The highest BCUT2D eigenvalue weighted by Crippen LogP contribution is 2.25. The number of nitrogens with one attached hydrogen (secondary N) is 1. The fourth-order valence-corrected chi connectivity index (χ4v) is 4.25. The number of esters is 1. The molecule has 4 rings (SSSR count). The third-order valence-corrected chi connectivity index (χ3v) is 6.05. The maximum absolute atomic E-state index is 12.6. The molecule has 32 heavy (non-hydrogen) atoms. The van der Waals surface area contributed by atoms with E-state index in [1.807, 2.05) is 25.5 Å². The summed E-state index contributed by atoms with van der Waals surface area (Å²) in [5.41, 5.74) is 5.47. The summed E-state index contributed by atoms with van der Waals surface area (Å²) in [4.78, 5) is 29.5. The molecule has 1 unspecified atom stereocenters. The second kappa shape index (κ2) is 9.10. The van der Waals surface area contributed by atoms with Gasteiger partial charge in [-0.05, 0) is 76.1 Å². The maximum Gasteiger partial charge on any atom is 0.340 e. The Bertz CT molecular complexity index is 1170. The van der Waals surface area contributed by atoms with Crippen LogP contribution in [0, 0.1) is 6.92 Å². The third-order valence-electron chi connectivity index (χ3n) is 6.05. The third kappa shape index (κ3) is 4.52. The van der Waals surface area contributed by atoms with E-state index in [1.54, 1.807) is 19.2 Å². The highest BCUT2D eigenvalue weighted by molar-refractivity contribution is 5.95. The molecule has 0 fully saturated rings. The number of rotatable bonds is 6. The average Bonchev–Trinajstić information content (AvgIpc) is 3.19. The van der Waals surface area contributed by atoms with Gasteiger partial charge in [-0.3, -0.25) is 4.79 Å². The summed E-state index contributed by atoms with van der Waals surface area (Å²) in [5, 5.41) is 8.03. The molecule has 7 nitrogen and oxygen atoms in total. The Morgan fingerprint density at radius 2 is 1.88 bits per heavy atom. The number of ether oxygens (including phenoxy) is 1. The van der Waals surface area contributed by atoms with Crippen molar-refractivity contribution in [2.45, 2.75) is 65.5 Å². The minimum atomic E-state index is -0.564.